The summed E-state index contributed by atoms with van der Waals surface area (Å²) in [5.41, 5.74) is 0.782. The van der Waals surface area contributed by atoms with Crippen LogP contribution in [0, 0.1) is 0 Å². The second-order valence-corrected chi connectivity index (χ2v) is 5.60. The smallest absolute Gasteiger partial charge is 0.128 e. The van der Waals surface area contributed by atoms with Crippen LogP contribution in [-0.2, 0) is 4.74 Å². The van der Waals surface area contributed by atoms with E-state index < -0.39 is 6.10 Å². The van der Waals surface area contributed by atoms with Crippen LogP contribution in [0.3, 0.4) is 0 Å². The van der Waals surface area contributed by atoms with Crippen LogP contribution in [0.15, 0.2) is 18.2 Å². The van der Waals surface area contributed by atoms with E-state index in [2.05, 4.69) is 18.7 Å². The molecule has 1 aliphatic rings. The maximum atomic E-state index is 10.5. The van der Waals surface area contributed by atoms with Gasteiger partial charge in [-0.25, -0.2) is 0 Å². The Bertz CT molecular complexity index is 456. The number of hydrogen-bond donors (Lipinski definition) is 1. The van der Waals surface area contributed by atoms with Crippen molar-refractivity contribution in [2.75, 3.05) is 33.9 Å². The van der Waals surface area contributed by atoms with Gasteiger partial charge in [-0.2, -0.15) is 0 Å². The molecular weight excluding hydrogens is 270 g/mol. The molecule has 0 amide bonds. The van der Waals surface area contributed by atoms with E-state index >= 15 is 0 Å². The van der Waals surface area contributed by atoms with Crippen molar-refractivity contribution >= 4 is 0 Å². The number of aliphatic hydroxyl groups excluding tert-OH is 1. The molecule has 2 rings (SSSR count). The summed E-state index contributed by atoms with van der Waals surface area (Å²) < 4.78 is 16.3. The van der Waals surface area contributed by atoms with Crippen molar-refractivity contribution in [2.24, 2.45) is 0 Å². The fourth-order valence-corrected chi connectivity index (χ4v) is 2.87. The number of benzene rings is 1. The van der Waals surface area contributed by atoms with Crippen molar-refractivity contribution in [3.8, 4) is 11.5 Å². The lowest BCUT2D eigenvalue weighted by Gasteiger charge is -2.36. The highest BCUT2D eigenvalue weighted by Crippen LogP contribution is 2.30. The predicted molar refractivity (Wildman–Crippen MR) is 81.0 cm³/mol. The highest BCUT2D eigenvalue weighted by atomic mass is 16.5. The molecule has 1 aromatic carbocycles. The Morgan fingerprint density at radius 1 is 1.24 bits per heavy atom. The van der Waals surface area contributed by atoms with E-state index in [1.165, 1.54) is 0 Å². The van der Waals surface area contributed by atoms with Gasteiger partial charge in [0.15, 0.2) is 0 Å². The van der Waals surface area contributed by atoms with Crippen LogP contribution in [0.25, 0.3) is 0 Å². The van der Waals surface area contributed by atoms with E-state index in [0.717, 1.165) is 24.4 Å². The molecule has 118 valence electrons. The zero-order chi connectivity index (χ0) is 15.4. The molecule has 3 unspecified atom stereocenters. The molecular formula is C16H25NO4. The van der Waals surface area contributed by atoms with Gasteiger partial charge in [-0.05, 0) is 26.0 Å². The number of methoxy groups -OCH3 is 2. The lowest BCUT2D eigenvalue weighted by atomic mass is 10.1. The van der Waals surface area contributed by atoms with Crippen molar-refractivity contribution in [1.29, 1.82) is 0 Å². The second kappa shape index (κ2) is 7.11. The summed E-state index contributed by atoms with van der Waals surface area (Å²) in [4.78, 5) is 2.23. The van der Waals surface area contributed by atoms with E-state index in [-0.39, 0.29) is 12.2 Å². The number of rotatable bonds is 5. The first-order chi connectivity index (χ1) is 10.0. The SMILES string of the molecule is COc1ccc(C(O)CN2CC(C)OC(C)C2)c(OC)c1. The number of β-amino-alcohol motifs (C(OH)–C–C–N with tert-alkyl or cyclic N) is 1. The van der Waals surface area contributed by atoms with E-state index in [4.69, 9.17) is 14.2 Å². The lowest BCUT2D eigenvalue weighted by Crippen LogP contribution is -2.46. The van der Waals surface area contributed by atoms with E-state index in [1.54, 1.807) is 20.3 Å². The first-order valence-corrected chi connectivity index (χ1v) is 7.31. The van der Waals surface area contributed by atoms with Crippen molar-refractivity contribution in [1.82, 2.24) is 4.90 Å². The van der Waals surface area contributed by atoms with Crippen LogP contribution in [0.2, 0.25) is 0 Å². The van der Waals surface area contributed by atoms with Gasteiger partial charge in [-0.15, -0.1) is 0 Å². The van der Waals surface area contributed by atoms with Gasteiger partial charge >= 0.3 is 0 Å². The summed E-state index contributed by atoms with van der Waals surface area (Å²) in [5.74, 6) is 1.37. The molecule has 21 heavy (non-hydrogen) atoms. The third-order valence-electron chi connectivity index (χ3n) is 3.73. The monoisotopic (exact) mass is 295 g/mol. The molecule has 5 heteroatoms. The van der Waals surface area contributed by atoms with Crippen molar-refractivity contribution in [3.05, 3.63) is 23.8 Å². The largest absolute Gasteiger partial charge is 0.497 e. The summed E-state index contributed by atoms with van der Waals surface area (Å²) in [6.07, 6.45) is -0.208. The fourth-order valence-electron chi connectivity index (χ4n) is 2.87. The first-order valence-electron chi connectivity index (χ1n) is 7.31. The molecule has 0 aliphatic carbocycles. The van der Waals surface area contributed by atoms with Crippen molar-refractivity contribution < 1.29 is 19.3 Å². The van der Waals surface area contributed by atoms with Crippen LogP contribution in [-0.4, -0.2) is 56.1 Å². The van der Waals surface area contributed by atoms with Crippen LogP contribution >= 0.6 is 0 Å². The van der Waals surface area contributed by atoms with Gasteiger partial charge in [0.05, 0.1) is 32.5 Å². The summed E-state index contributed by atoms with van der Waals surface area (Å²) in [6, 6.07) is 5.49. The van der Waals surface area contributed by atoms with E-state index in [0.29, 0.717) is 12.3 Å². The Labute approximate surface area is 126 Å². The zero-order valence-electron chi connectivity index (χ0n) is 13.2. The van der Waals surface area contributed by atoms with E-state index in [1.807, 2.05) is 12.1 Å². The van der Waals surface area contributed by atoms with Crippen LogP contribution in [0.4, 0.5) is 0 Å². The molecule has 1 heterocycles. The summed E-state index contributed by atoms with van der Waals surface area (Å²) >= 11 is 0. The Balaban J connectivity index is 2.07. The molecule has 0 bridgehead atoms. The minimum atomic E-state index is -0.594. The third kappa shape index (κ3) is 4.09. The molecule has 0 spiro atoms. The average molecular weight is 295 g/mol. The number of morpholine rings is 1. The molecule has 1 fully saturated rings. The Kier molecular flexibility index (Phi) is 5.45. The maximum absolute atomic E-state index is 10.5. The summed E-state index contributed by atoms with van der Waals surface area (Å²) in [7, 11) is 3.21. The van der Waals surface area contributed by atoms with Crippen LogP contribution in [0.5, 0.6) is 11.5 Å². The van der Waals surface area contributed by atoms with Gasteiger partial charge in [0.1, 0.15) is 11.5 Å². The average Bonchev–Trinajstić information content (AvgIpc) is 2.45. The molecule has 1 saturated heterocycles. The minimum absolute atomic E-state index is 0.193. The number of aliphatic hydroxyl groups is 1. The van der Waals surface area contributed by atoms with Gasteiger partial charge in [-0.1, -0.05) is 0 Å². The number of hydrogen-bond acceptors (Lipinski definition) is 5. The lowest BCUT2D eigenvalue weighted by molar-refractivity contribution is -0.0768. The molecule has 5 nitrogen and oxygen atoms in total. The van der Waals surface area contributed by atoms with Gasteiger partial charge in [0, 0.05) is 31.3 Å². The highest BCUT2D eigenvalue weighted by Gasteiger charge is 2.25. The molecule has 0 aromatic heterocycles. The normalized spacial score (nSPS) is 24.6. The Hall–Kier alpha value is -1.30. The molecule has 0 radical (unpaired) electrons. The van der Waals surface area contributed by atoms with E-state index in [9.17, 15) is 5.11 Å². The third-order valence-corrected chi connectivity index (χ3v) is 3.73. The van der Waals surface area contributed by atoms with Gasteiger partial charge in [0.25, 0.3) is 0 Å². The predicted octanol–water partition coefficient (Wildman–Crippen LogP) is 1.85. The quantitative estimate of drug-likeness (QED) is 0.898. The topological polar surface area (TPSA) is 51.2 Å². The molecule has 1 aliphatic heterocycles. The van der Waals surface area contributed by atoms with Crippen LogP contribution in [0.1, 0.15) is 25.5 Å². The number of nitrogens with zero attached hydrogens (tertiary/aromatic N) is 1. The van der Waals surface area contributed by atoms with Gasteiger partial charge in [-0.3, -0.25) is 4.90 Å². The van der Waals surface area contributed by atoms with Crippen molar-refractivity contribution in [3.63, 3.8) is 0 Å². The Morgan fingerprint density at radius 3 is 2.48 bits per heavy atom. The molecule has 1 N–H and O–H groups in total. The second-order valence-electron chi connectivity index (χ2n) is 5.60. The van der Waals surface area contributed by atoms with Gasteiger partial charge in [0.2, 0.25) is 0 Å². The molecule has 1 aromatic rings. The molecule has 0 saturated carbocycles. The molecule has 3 atom stereocenters. The number of ether oxygens (including phenoxy) is 3. The maximum Gasteiger partial charge on any atom is 0.128 e. The summed E-state index contributed by atoms with van der Waals surface area (Å²) in [5, 5.41) is 10.5. The first kappa shape index (κ1) is 16.1. The van der Waals surface area contributed by atoms with Crippen molar-refractivity contribution in [2.45, 2.75) is 32.2 Å². The highest BCUT2D eigenvalue weighted by molar-refractivity contribution is 5.42. The fraction of sp³-hybridized carbons (Fsp3) is 0.625. The van der Waals surface area contributed by atoms with Crippen LogP contribution < -0.4 is 9.47 Å². The summed E-state index contributed by atoms with van der Waals surface area (Å²) in [6.45, 7) is 6.35. The van der Waals surface area contributed by atoms with Gasteiger partial charge < -0.3 is 19.3 Å². The minimum Gasteiger partial charge on any atom is -0.497 e. The Morgan fingerprint density at radius 2 is 1.90 bits per heavy atom. The standard InChI is InChI=1S/C16H25NO4/c1-11-8-17(9-12(2)21-11)10-15(18)14-6-5-13(19-3)7-16(14)20-4/h5-7,11-12,15,18H,8-10H2,1-4H3. The zero-order valence-corrected chi connectivity index (χ0v) is 13.2.